The van der Waals surface area contributed by atoms with Gasteiger partial charge in [0.15, 0.2) is 0 Å². The van der Waals surface area contributed by atoms with Crippen molar-refractivity contribution in [3.63, 3.8) is 0 Å². The van der Waals surface area contributed by atoms with Crippen molar-refractivity contribution in [2.24, 2.45) is 0 Å². The van der Waals surface area contributed by atoms with Crippen LogP contribution in [0.25, 0.3) is 10.2 Å². The summed E-state index contributed by atoms with van der Waals surface area (Å²) >= 11 is 1.39. The van der Waals surface area contributed by atoms with Gasteiger partial charge in [0.1, 0.15) is 11.3 Å². The van der Waals surface area contributed by atoms with Crippen molar-refractivity contribution in [3.8, 4) is 5.75 Å². The fourth-order valence-corrected chi connectivity index (χ4v) is 6.54. The highest BCUT2D eigenvalue weighted by molar-refractivity contribution is 7.89. The van der Waals surface area contributed by atoms with Crippen LogP contribution in [0, 0.1) is 0 Å². The molecular weight excluding hydrogens is 448 g/mol. The van der Waals surface area contributed by atoms with Crippen LogP contribution in [0.3, 0.4) is 0 Å². The molecule has 2 aromatic carbocycles. The number of para-hydroxylation sites is 1. The maximum absolute atomic E-state index is 13.1. The predicted octanol–water partition coefficient (Wildman–Crippen LogP) is 4.02. The van der Waals surface area contributed by atoms with Gasteiger partial charge in [-0.1, -0.05) is 30.7 Å². The standard InChI is InChI=1S/C22H26N4O4S2/c1-3-16-7-4-5-14-26(16)32(28,29)17-12-10-15(11-13-17)21(27)24-25-22-23-20-18(30-2)8-6-9-19(20)31-22/h6,8-13,16H,3-5,7,14H2,1-2H3,(H,23,25)(H,24,27). The van der Waals surface area contributed by atoms with Crippen LogP contribution in [-0.4, -0.2) is 43.3 Å². The number of benzene rings is 2. The zero-order valence-corrected chi connectivity index (χ0v) is 19.6. The van der Waals surface area contributed by atoms with E-state index in [1.165, 1.54) is 35.6 Å². The second-order valence-electron chi connectivity index (χ2n) is 7.60. The van der Waals surface area contributed by atoms with Crippen LogP contribution in [-0.2, 0) is 10.0 Å². The Morgan fingerprint density at radius 2 is 2.00 bits per heavy atom. The molecule has 1 fully saturated rings. The lowest BCUT2D eigenvalue weighted by Crippen LogP contribution is -2.43. The number of nitrogens with one attached hydrogen (secondary N) is 2. The molecule has 1 aliphatic rings. The monoisotopic (exact) mass is 474 g/mol. The Labute approximate surface area is 191 Å². The highest BCUT2D eigenvalue weighted by atomic mass is 32.2. The van der Waals surface area contributed by atoms with Gasteiger partial charge in [-0.05, 0) is 55.7 Å². The SMILES string of the molecule is CCC1CCCCN1S(=O)(=O)c1ccc(C(=O)NNc2nc3c(OC)cccc3s2)cc1. The van der Waals surface area contributed by atoms with Gasteiger partial charge in [0.25, 0.3) is 5.91 Å². The normalized spacial score (nSPS) is 17.2. The molecule has 0 aliphatic carbocycles. The van der Waals surface area contributed by atoms with Crippen LogP contribution in [0.2, 0.25) is 0 Å². The summed E-state index contributed by atoms with van der Waals surface area (Å²) in [7, 11) is -1.99. The Bertz CT molecular complexity index is 1210. The van der Waals surface area contributed by atoms with E-state index in [-0.39, 0.29) is 16.8 Å². The van der Waals surface area contributed by atoms with Crippen molar-refractivity contribution in [1.29, 1.82) is 0 Å². The van der Waals surface area contributed by atoms with Gasteiger partial charge in [-0.15, -0.1) is 0 Å². The van der Waals surface area contributed by atoms with Crippen molar-refractivity contribution in [1.82, 2.24) is 14.7 Å². The zero-order valence-electron chi connectivity index (χ0n) is 18.0. The van der Waals surface area contributed by atoms with Crippen LogP contribution < -0.4 is 15.6 Å². The quantitative estimate of drug-likeness (QED) is 0.502. The number of piperidine rings is 1. The van der Waals surface area contributed by atoms with E-state index in [0.717, 1.165) is 35.9 Å². The predicted molar refractivity (Wildman–Crippen MR) is 126 cm³/mol. The lowest BCUT2D eigenvalue weighted by atomic mass is 10.0. The Morgan fingerprint density at radius 3 is 2.72 bits per heavy atom. The van der Waals surface area contributed by atoms with Crippen molar-refractivity contribution >= 4 is 42.6 Å². The van der Waals surface area contributed by atoms with Gasteiger partial charge in [-0.2, -0.15) is 4.31 Å². The molecule has 2 N–H and O–H groups in total. The summed E-state index contributed by atoms with van der Waals surface area (Å²) < 4.78 is 34.0. The van der Waals surface area contributed by atoms with E-state index in [1.807, 2.05) is 25.1 Å². The third kappa shape index (κ3) is 4.43. The molecule has 3 aromatic rings. The van der Waals surface area contributed by atoms with E-state index < -0.39 is 10.0 Å². The fraction of sp³-hybridized carbons (Fsp3) is 0.364. The van der Waals surface area contributed by atoms with Crippen molar-refractivity contribution in [2.75, 3.05) is 19.1 Å². The maximum atomic E-state index is 13.1. The van der Waals surface area contributed by atoms with Gasteiger partial charge in [0, 0.05) is 18.2 Å². The van der Waals surface area contributed by atoms with Crippen molar-refractivity contribution in [3.05, 3.63) is 48.0 Å². The number of ether oxygens (including phenoxy) is 1. The molecule has 1 saturated heterocycles. The van der Waals surface area contributed by atoms with Crippen LogP contribution >= 0.6 is 11.3 Å². The summed E-state index contributed by atoms with van der Waals surface area (Å²) in [6, 6.07) is 11.7. The van der Waals surface area contributed by atoms with Crippen molar-refractivity contribution in [2.45, 2.75) is 43.5 Å². The highest BCUT2D eigenvalue weighted by Gasteiger charge is 2.32. The van der Waals surface area contributed by atoms with E-state index in [4.69, 9.17) is 4.74 Å². The van der Waals surface area contributed by atoms with E-state index in [1.54, 1.807) is 11.4 Å². The molecule has 10 heteroatoms. The molecule has 0 bridgehead atoms. The average Bonchev–Trinajstić information content (AvgIpc) is 3.25. The van der Waals surface area contributed by atoms with Crippen LogP contribution in [0.1, 0.15) is 43.0 Å². The number of nitrogens with zero attached hydrogens (tertiary/aromatic N) is 2. The van der Waals surface area contributed by atoms with Gasteiger partial charge in [-0.25, -0.2) is 13.4 Å². The first-order valence-corrected chi connectivity index (χ1v) is 12.8. The average molecular weight is 475 g/mol. The second kappa shape index (κ2) is 9.43. The number of aromatic nitrogens is 1. The Hall–Kier alpha value is -2.69. The molecule has 8 nitrogen and oxygen atoms in total. The molecule has 0 radical (unpaired) electrons. The van der Waals surface area contributed by atoms with E-state index in [9.17, 15) is 13.2 Å². The smallest absolute Gasteiger partial charge is 0.269 e. The second-order valence-corrected chi connectivity index (χ2v) is 10.5. The molecule has 1 aliphatic heterocycles. The number of rotatable bonds is 7. The van der Waals surface area contributed by atoms with Gasteiger partial charge in [0.05, 0.1) is 16.7 Å². The van der Waals surface area contributed by atoms with Gasteiger partial charge in [0.2, 0.25) is 15.2 Å². The van der Waals surface area contributed by atoms with E-state index >= 15 is 0 Å². The number of amides is 1. The number of carbonyl (C=O) groups excluding carboxylic acids is 1. The molecule has 4 rings (SSSR count). The summed E-state index contributed by atoms with van der Waals surface area (Å²) in [5.74, 6) is 0.276. The van der Waals surface area contributed by atoms with Gasteiger partial charge in [-0.3, -0.25) is 15.6 Å². The largest absolute Gasteiger partial charge is 0.494 e. The lowest BCUT2D eigenvalue weighted by Gasteiger charge is -2.34. The number of carbonyl (C=O) groups is 1. The number of anilines is 1. The third-order valence-electron chi connectivity index (χ3n) is 5.65. The number of methoxy groups -OCH3 is 1. The number of thiazole rings is 1. The Balaban J connectivity index is 1.44. The Morgan fingerprint density at radius 1 is 1.22 bits per heavy atom. The number of hydrogen-bond donors (Lipinski definition) is 2. The third-order valence-corrected chi connectivity index (χ3v) is 8.55. The van der Waals surface area contributed by atoms with Gasteiger partial charge >= 0.3 is 0 Å². The number of hydrogen-bond acceptors (Lipinski definition) is 7. The van der Waals surface area contributed by atoms with Crippen LogP contribution in [0.15, 0.2) is 47.4 Å². The Kier molecular flexibility index (Phi) is 6.63. The van der Waals surface area contributed by atoms with E-state index in [0.29, 0.717) is 23.0 Å². The summed E-state index contributed by atoms with van der Waals surface area (Å²) in [5.41, 5.74) is 6.49. The maximum Gasteiger partial charge on any atom is 0.269 e. The number of hydrazine groups is 1. The fourth-order valence-electron chi connectivity index (χ4n) is 3.94. The summed E-state index contributed by atoms with van der Waals surface area (Å²) in [6.07, 6.45) is 3.61. The first kappa shape index (κ1) is 22.5. The molecular formula is C22H26N4O4S2. The molecule has 0 spiro atoms. The molecule has 1 atom stereocenters. The molecule has 1 aromatic heterocycles. The molecule has 1 amide bonds. The topological polar surface area (TPSA) is 101 Å². The summed E-state index contributed by atoms with van der Waals surface area (Å²) in [5, 5.41) is 0.521. The van der Waals surface area contributed by atoms with Crippen molar-refractivity contribution < 1.29 is 17.9 Å². The summed E-state index contributed by atoms with van der Waals surface area (Å²) in [6.45, 7) is 2.56. The number of fused-ring (bicyclic) bond motifs is 1. The first-order valence-electron chi connectivity index (χ1n) is 10.6. The minimum atomic E-state index is -3.58. The minimum absolute atomic E-state index is 0.0355. The minimum Gasteiger partial charge on any atom is -0.494 e. The molecule has 2 heterocycles. The first-order chi connectivity index (χ1) is 15.4. The molecule has 1 unspecified atom stereocenters. The van der Waals surface area contributed by atoms with Crippen LogP contribution in [0.5, 0.6) is 5.75 Å². The lowest BCUT2D eigenvalue weighted by molar-refractivity contribution is 0.0962. The van der Waals surface area contributed by atoms with Crippen LogP contribution in [0.4, 0.5) is 5.13 Å². The van der Waals surface area contributed by atoms with E-state index in [2.05, 4.69) is 15.8 Å². The summed E-state index contributed by atoms with van der Waals surface area (Å²) in [4.78, 5) is 17.2. The number of sulfonamides is 1. The molecule has 170 valence electrons. The zero-order chi connectivity index (χ0) is 22.7. The highest BCUT2D eigenvalue weighted by Crippen LogP contribution is 2.32. The van der Waals surface area contributed by atoms with Gasteiger partial charge < -0.3 is 4.74 Å². The molecule has 32 heavy (non-hydrogen) atoms. The molecule has 0 saturated carbocycles.